The van der Waals surface area contributed by atoms with E-state index >= 15 is 0 Å². The minimum absolute atomic E-state index is 0.186. The van der Waals surface area contributed by atoms with E-state index in [4.69, 9.17) is 0 Å². The normalized spacial score (nSPS) is 16.9. The Labute approximate surface area is 103 Å². The van der Waals surface area contributed by atoms with E-state index in [9.17, 15) is 14.7 Å². The molecule has 0 spiro atoms. The summed E-state index contributed by atoms with van der Waals surface area (Å²) in [5, 5.41) is 11.0. The first kappa shape index (κ1) is 11.7. The highest BCUT2D eigenvalue weighted by Crippen LogP contribution is 2.25. The van der Waals surface area contributed by atoms with Gasteiger partial charge in [0.1, 0.15) is 0 Å². The Hall–Kier alpha value is -1.75. The van der Waals surface area contributed by atoms with Gasteiger partial charge in [-0.15, -0.1) is 11.8 Å². The Morgan fingerprint density at radius 2 is 2.06 bits per heavy atom. The predicted octanol–water partition coefficient (Wildman–Crippen LogP) is 1.86. The van der Waals surface area contributed by atoms with Gasteiger partial charge < -0.3 is 5.11 Å². The van der Waals surface area contributed by atoms with Gasteiger partial charge >= 0.3 is 5.97 Å². The smallest absolute Gasteiger partial charge is 0.331 e. The predicted molar refractivity (Wildman–Crippen MR) is 65.3 cm³/mol. The first-order valence-corrected chi connectivity index (χ1v) is 6.12. The summed E-state index contributed by atoms with van der Waals surface area (Å²) in [6.45, 7) is 0. The number of hydrogen-bond donors (Lipinski definition) is 1. The molecule has 1 amide bonds. The van der Waals surface area contributed by atoms with Gasteiger partial charge in [-0.2, -0.15) is 0 Å². The molecule has 1 aromatic rings. The number of aliphatic carboxylic acids is 1. The average molecular weight is 249 g/mol. The molecule has 1 aliphatic rings. The van der Waals surface area contributed by atoms with Gasteiger partial charge in [-0.25, -0.2) is 4.79 Å². The summed E-state index contributed by atoms with van der Waals surface area (Å²) in [6, 6.07) is 7.81. The number of amides is 1. The second-order valence-corrected chi connectivity index (χ2v) is 4.44. The van der Waals surface area contributed by atoms with Crippen molar-refractivity contribution < 1.29 is 14.7 Å². The Bertz CT molecular complexity index is 458. The minimum atomic E-state index is -1.03. The van der Waals surface area contributed by atoms with Crippen molar-refractivity contribution in [3.05, 3.63) is 47.5 Å². The van der Waals surface area contributed by atoms with Crippen molar-refractivity contribution in [2.75, 3.05) is 5.75 Å². The minimum Gasteiger partial charge on any atom is -0.479 e. The molecule has 1 aromatic carbocycles. The molecule has 1 aliphatic heterocycles. The third kappa shape index (κ3) is 2.50. The summed E-state index contributed by atoms with van der Waals surface area (Å²) in [6.07, 6.45) is 1.53. The number of carbonyl (C=O) groups is 2. The van der Waals surface area contributed by atoms with E-state index in [-0.39, 0.29) is 11.7 Å². The Kier molecular flexibility index (Phi) is 3.49. The zero-order valence-corrected chi connectivity index (χ0v) is 9.76. The maximum Gasteiger partial charge on any atom is 0.331 e. The monoisotopic (exact) mass is 249 g/mol. The first-order chi connectivity index (χ1) is 8.20. The van der Waals surface area contributed by atoms with Crippen molar-refractivity contribution in [3.63, 3.8) is 0 Å². The second-order valence-electron chi connectivity index (χ2n) is 3.55. The fourth-order valence-electron chi connectivity index (χ4n) is 1.67. The van der Waals surface area contributed by atoms with Gasteiger partial charge in [0, 0.05) is 6.20 Å². The van der Waals surface area contributed by atoms with Crippen LogP contribution in [0.5, 0.6) is 0 Å². The highest BCUT2D eigenvalue weighted by molar-refractivity contribution is 8.02. The lowest BCUT2D eigenvalue weighted by Gasteiger charge is -2.27. The van der Waals surface area contributed by atoms with Crippen molar-refractivity contribution in [1.29, 1.82) is 0 Å². The van der Waals surface area contributed by atoms with E-state index in [1.165, 1.54) is 22.9 Å². The molecule has 0 radical (unpaired) electrons. The number of nitrogens with zero attached hydrogens (tertiary/aromatic N) is 1. The van der Waals surface area contributed by atoms with Crippen molar-refractivity contribution in [2.24, 2.45) is 0 Å². The van der Waals surface area contributed by atoms with Crippen LogP contribution in [0.4, 0.5) is 0 Å². The molecule has 1 unspecified atom stereocenters. The Morgan fingerprint density at radius 3 is 2.65 bits per heavy atom. The summed E-state index contributed by atoms with van der Waals surface area (Å²) in [5.74, 6) is -0.928. The third-order valence-electron chi connectivity index (χ3n) is 2.44. The van der Waals surface area contributed by atoms with Crippen LogP contribution in [-0.4, -0.2) is 27.6 Å². The fraction of sp³-hybridized carbons (Fsp3) is 0.167. The van der Waals surface area contributed by atoms with Crippen LogP contribution in [0, 0.1) is 0 Å². The maximum absolute atomic E-state index is 11.7. The van der Waals surface area contributed by atoms with Crippen molar-refractivity contribution in [3.8, 4) is 0 Å². The van der Waals surface area contributed by atoms with Gasteiger partial charge in [-0.05, 0) is 11.0 Å². The Morgan fingerprint density at radius 1 is 1.35 bits per heavy atom. The fourth-order valence-corrected chi connectivity index (χ4v) is 2.28. The summed E-state index contributed by atoms with van der Waals surface area (Å²) >= 11 is 1.37. The topological polar surface area (TPSA) is 57.6 Å². The molecule has 0 bridgehead atoms. The van der Waals surface area contributed by atoms with E-state index < -0.39 is 12.0 Å². The molecule has 4 nitrogen and oxygen atoms in total. The SMILES string of the molecule is O=C(O)C(c1ccccc1)N1C=CSCC1=O. The molecule has 0 saturated carbocycles. The highest BCUT2D eigenvalue weighted by atomic mass is 32.2. The average Bonchev–Trinajstić information content (AvgIpc) is 2.33. The summed E-state index contributed by atoms with van der Waals surface area (Å²) < 4.78 is 0. The first-order valence-electron chi connectivity index (χ1n) is 5.07. The summed E-state index contributed by atoms with van der Waals surface area (Å²) in [7, 11) is 0. The van der Waals surface area contributed by atoms with Crippen LogP contribution in [0.1, 0.15) is 11.6 Å². The lowest BCUT2D eigenvalue weighted by Crippen LogP contribution is -2.37. The molecule has 0 aromatic heterocycles. The molecule has 17 heavy (non-hydrogen) atoms. The van der Waals surface area contributed by atoms with Gasteiger partial charge in [0.05, 0.1) is 5.75 Å². The zero-order chi connectivity index (χ0) is 12.3. The number of thioether (sulfide) groups is 1. The lowest BCUT2D eigenvalue weighted by molar-refractivity contribution is -0.147. The summed E-state index contributed by atoms with van der Waals surface area (Å²) in [5.41, 5.74) is 0.602. The van der Waals surface area contributed by atoms with Crippen LogP contribution >= 0.6 is 11.8 Å². The third-order valence-corrected chi connectivity index (χ3v) is 3.17. The molecule has 1 atom stereocenters. The van der Waals surface area contributed by atoms with E-state index in [1.54, 1.807) is 29.7 Å². The molecule has 1 N–H and O–H groups in total. The van der Waals surface area contributed by atoms with Crippen LogP contribution < -0.4 is 0 Å². The standard InChI is InChI=1S/C12H11NO3S/c14-10-8-17-7-6-13(10)11(12(15)16)9-4-2-1-3-5-9/h1-7,11H,8H2,(H,15,16). The molecular formula is C12H11NO3S. The zero-order valence-electron chi connectivity index (χ0n) is 8.95. The second kappa shape index (κ2) is 5.05. The van der Waals surface area contributed by atoms with Crippen LogP contribution in [0.25, 0.3) is 0 Å². The quantitative estimate of drug-likeness (QED) is 0.888. The largest absolute Gasteiger partial charge is 0.479 e. The van der Waals surface area contributed by atoms with Crippen LogP contribution in [0.15, 0.2) is 41.9 Å². The molecule has 0 saturated heterocycles. The van der Waals surface area contributed by atoms with Gasteiger partial charge in [-0.3, -0.25) is 9.69 Å². The van der Waals surface area contributed by atoms with Crippen molar-refractivity contribution in [1.82, 2.24) is 4.90 Å². The molecule has 2 rings (SSSR count). The van der Waals surface area contributed by atoms with Gasteiger partial charge in [-0.1, -0.05) is 30.3 Å². The van der Waals surface area contributed by atoms with Gasteiger partial charge in [0.25, 0.3) is 0 Å². The number of carboxylic acids is 1. The number of rotatable bonds is 3. The maximum atomic E-state index is 11.7. The molecule has 0 fully saturated rings. The lowest BCUT2D eigenvalue weighted by atomic mass is 10.1. The number of carbonyl (C=O) groups excluding carboxylic acids is 1. The van der Waals surface area contributed by atoms with E-state index in [0.29, 0.717) is 5.56 Å². The van der Waals surface area contributed by atoms with E-state index in [2.05, 4.69) is 0 Å². The van der Waals surface area contributed by atoms with Crippen molar-refractivity contribution >= 4 is 23.6 Å². The highest BCUT2D eigenvalue weighted by Gasteiger charge is 2.30. The summed E-state index contributed by atoms with van der Waals surface area (Å²) in [4.78, 5) is 24.3. The van der Waals surface area contributed by atoms with E-state index in [0.717, 1.165) is 0 Å². The van der Waals surface area contributed by atoms with Gasteiger partial charge in [0.2, 0.25) is 5.91 Å². The van der Waals surface area contributed by atoms with E-state index in [1.807, 2.05) is 6.07 Å². The number of hydrogen-bond acceptors (Lipinski definition) is 3. The molecule has 0 aliphatic carbocycles. The van der Waals surface area contributed by atoms with Gasteiger partial charge in [0.15, 0.2) is 6.04 Å². The van der Waals surface area contributed by atoms with Crippen LogP contribution in [-0.2, 0) is 9.59 Å². The van der Waals surface area contributed by atoms with Crippen molar-refractivity contribution in [2.45, 2.75) is 6.04 Å². The molecule has 5 heteroatoms. The number of carboxylic acid groups (broad SMARTS) is 1. The number of benzene rings is 1. The van der Waals surface area contributed by atoms with Crippen LogP contribution in [0.3, 0.4) is 0 Å². The molecule has 1 heterocycles. The van der Waals surface area contributed by atoms with Crippen LogP contribution in [0.2, 0.25) is 0 Å². The molecule has 88 valence electrons. The Balaban J connectivity index is 2.36. The molecular weight excluding hydrogens is 238 g/mol.